The predicted molar refractivity (Wildman–Crippen MR) is 111 cm³/mol. The molecule has 1 aliphatic rings. The van der Waals surface area contributed by atoms with Gasteiger partial charge in [0.05, 0.1) is 0 Å². The van der Waals surface area contributed by atoms with Gasteiger partial charge in [-0.3, -0.25) is 4.79 Å². The molecule has 2 aromatic carbocycles. The number of fused-ring (bicyclic) bond motifs is 1. The number of benzene rings is 2. The van der Waals surface area contributed by atoms with Crippen molar-refractivity contribution in [1.82, 2.24) is 5.32 Å². The van der Waals surface area contributed by atoms with E-state index in [2.05, 4.69) is 44.3 Å². The Morgan fingerprint density at radius 2 is 1.78 bits per heavy atom. The van der Waals surface area contributed by atoms with E-state index in [1.54, 1.807) is 0 Å². The van der Waals surface area contributed by atoms with Crippen molar-refractivity contribution in [3.8, 4) is 5.75 Å². The van der Waals surface area contributed by atoms with Gasteiger partial charge in [0.2, 0.25) is 0 Å². The highest BCUT2D eigenvalue weighted by atomic mass is 16.5. The minimum Gasteiger partial charge on any atom is -0.479 e. The number of rotatable bonds is 5. The minimum absolute atomic E-state index is 0.0440. The Morgan fingerprint density at radius 1 is 1.11 bits per heavy atom. The van der Waals surface area contributed by atoms with Crippen LogP contribution in [0.1, 0.15) is 50.8 Å². The van der Waals surface area contributed by atoms with Crippen LogP contribution in [-0.4, -0.2) is 18.6 Å². The quantitative estimate of drug-likeness (QED) is 0.840. The highest BCUT2D eigenvalue weighted by molar-refractivity contribution is 5.84. The second-order valence-corrected chi connectivity index (χ2v) is 7.06. The van der Waals surface area contributed by atoms with Crippen LogP contribution >= 0.6 is 0 Å². The van der Waals surface area contributed by atoms with E-state index in [-0.39, 0.29) is 11.3 Å². The molecular weight excluding hydrogens is 336 g/mol. The van der Waals surface area contributed by atoms with Crippen LogP contribution in [0.2, 0.25) is 0 Å². The summed E-state index contributed by atoms with van der Waals surface area (Å²) in [5.74, 6) is 0.785. The molecule has 0 spiro atoms. The molecular formula is C23H32N2O2. The fraction of sp³-hybridized carbons (Fsp3) is 0.435. The molecule has 0 aromatic heterocycles. The lowest BCUT2D eigenvalue weighted by molar-refractivity contribution is -0.130. The molecule has 0 fully saturated rings. The Morgan fingerprint density at radius 3 is 2.44 bits per heavy atom. The zero-order valence-electron chi connectivity index (χ0n) is 16.9. The van der Waals surface area contributed by atoms with Gasteiger partial charge in [-0.15, -0.1) is 0 Å². The van der Waals surface area contributed by atoms with Crippen molar-refractivity contribution in [2.75, 3.05) is 6.54 Å². The van der Waals surface area contributed by atoms with Gasteiger partial charge in [0, 0.05) is 17.5 Å². The van der Waals surface area contributed by atoms with Gasteiger partial charge in [-0.2, -0.15) is 0 Å². The van der Waals surface area contributed by atoms with Crippen LogP contribution in [0.25, 0.3) is 0 Å². The predicted octanol–water partition coefficient (Wildman–Crippen LogP) is 3.96. The van der Waals surface area contributed by atoms with E-state index in [4.69, 9.17) is 10.5 Å². The van der Waals surface area contributed by atoms with Crippen LogP contribution < -0.4 is 15.8 Å². The molecule has 3 rings (SSSR count). The van der Waals surface area contributed by atoms with Crippen LogP contribution in [0, 0.1) is 0 Å². The van der Waals surface area contributed by atoms with Gasteiger partial charge in [-0.05, 0) is 36.6 Å². The molecule has 27 heavy (non-hydrogen) atoms. The normalized spacial score (nSPS) is 20.1. The molecule has 4 heteroatoms. The van der Waals surface area contributed by atoms with Gasteiger partial charge in [0.1, 0.15) is 5.75 Å². The lowest BCUT2D eigenvalue weighted by atomic mass is 9.76. The fourth-order valence-corrected chi connectivity index (χ4v) is 3.40. The Balaban J connectivity index is 0.000000817. The monoisotopic (exact) mass is 368 g/mol. The summed E-state index contributed by atoms with van der Waals surface area (Å²) in [6.07, 6.45) is 1.37. The minimum atomic E-state index is -0.478. The molecule has 0 bridgehead atoms. The standard InChI is InChI=1S/C21H25NO2.C2H7N/c1-4-15-9-8-10-16(13-15)14-22-20(23)19-21(3,5-2)17-11-6-7-12-18(17)24-19;1-2-3/h6-13,19H,4-5,14H2,1-3H3,(H,22,23);2-3H2,1H3/t19-,21?;/m0./s1. The summed E-state index contributed by atoms with van der Waals surface area (Å²) in [5.41, 5.74) is 8.09. The number of amides is 1. The molecule has 2 atom stereocenters. The van der Waals surface area contributed by atoms with Gasteiger partial charge >= 0.3 is 0 Å². The second kappa shape index (κ2) is 9.56. The van der Waals surface area contributed by atoms with Gasteiger partial charge in [-0.1, -0.05) is 70.2 Å². The number of aryl methyl sites for hydroxylation is 1. The number of hydrogen-bond donors (Lipinski definition) is 2. The SMILES string of the molecule is CCN.CCc1cccc(CNC(=O)[C@@H]2Oc3ccccc3C2(C)CC)c1. The van der Waals surface area contributed by atoms with E-state index >= 15 is 0 Å². The summed E-state index contributed by atoms with van der Waals surface area (Å²) in [6.45, 7) is 9.54. The Labute approximate surface area is 163 Å². The van der Waals surface area contributed by atoms with Crippen molar-refractivity contribution in [2.45, 2.75) is 58.6 Å². The van der Waals surface area contributed by atoms with E-state index in [0.717, 1.165) is 36.3 Å². The smallest absolute Gasteiger partial charge is 0.262 e. The highest BCUT2D eigenvalue weighted by Crippen LogP contribution is 2.44. The fourth-order valence-electron chi connectivity index (χ4n) is 3.40. The average molecular weight is 369 g/mol. The van der Waals surface area contributed by atoms with Crippen LogP contribution in [0.4, 0.5) is 0 Å². The van der Waals surface area contributed by atoms with Crippen molar-refractivity contribution in [2.24, 2.45) is 5.73 Å². The first-order valence-corrected chi connectivity index (χ1v) is 9.81. The van der Waals surface area contributed by atoms with Crippen molar-refractivity contribution in [3.05, 3.63) is 65.2 Å². The van der Waals surface area contributed by atoms with Crippen molar-refractivity contribution < 1.29 is 9.53 Å². The van der Waals surface area contributed by atoms with Crippen LogP contribution in [0.3, 0.4) is 0 Å². The number of carbonyl (C=O) groups excluding carboxylic acids is 1. The number of para-hydroxylation sites is 1. The molecule has 1 unspecified atom stereocenters. The summed E-state index contributed by atoms with van der Waals surface area (Å²) in [7, 11) is 0. The molecule has 2 aromatic rings. The third-order valence-corrected chi connectivity index (χ3v) is 5.16. The molecule has 0 radical (unpaired) electrons. The number of hydrogen-bond acceptors (Lipinski definition) is 3. The van der Waals surface area contributed by atoms with Crippen LogP contribution in [-0.2, 0) is 23.2 Å². The van der Waals surface area contributed by atoms with E-state index in [1.165, 1.54) is 5.56 Å². The van der Waals surface area contributed by atoms with E-state index in [1.807, 2.05) is 37.3 Å². The summed E-state index contributed by atoms with van der Waals surface area (Å²) in [4.78, 5) is 12.8. The molecule has 1 heterocycles. The largest absolute Gasteiger partial charge is 0.479 e. The third-order valence-electron chi connectivity index (χ3n) is 5.16. The van der Waals surface area contributed by atoms with Crippen molar-refractivity contribution in [3.63, 3.8) is 0 Å². The van der Waals surface area contributed by atoms with Crippen molar-refractivity contribution >= 4 is 5.91 Å². The van der Waals surface area contributed by atoms with E-state index < -0.39 is 6.10 Å². The van der Waals surface area contributed by atoms with Gasteiger partial charge in [-0.25, -0.2) is 0 Å². The maximum absolute atomic E-state index is 12.8. The molecule has 146 valence electrons. The van der Waals surface area contributed by atoms with Crippen molar-refractivity contribution in [1.29, 1.82) is 0 Å². The number of carbonyl (C=O) groups is 1. The van der Waals surface area contributed by atoms with Gasteiger partial charge in [0.15, 0.2) is 6.10 Å². The maximum Gasteiger partial charge on any atom is 0.262 e. The first-order chi connectivity index (χ1) is 13.0. The zero-order valence-corrected chi connectivity index (χ0v) is 16.9. The molecule has 3 N–H and O–H groups in total. The third kappa shape index (κ3) is 4.69. The molecule has 0 saturated heterocycles. The van der Waals surface area contributed by atoms with Crippen LogP contribution in [0.15, 0.2) is 48.5 Å². The topological polar surface area (TPSA) is 64.3 Å². The average Bonchev–Trinajstić information content (AvgIpc) is 3.00. The number of ether oxygens (including phenoxy) is 1. The first-order valence-electron chi connectivity index (χ1n) is 9.81. The molecule has 0 aliphatic carbocycles. The molecule has 1 aliphatic heterocycles. The number of nitrogens with one attached hydrogen (secondary N) is 1. The molecule has 0 saturated carbocycles. The summed E-state index contributed by atoms with van der Waals surface area (Å²) >= 11 is 0. The maximum atomic E-state index is 12.8. The first kappa shape index (κ1) is 21.0. The van der Waals surface area contributed by atoms with E-state index in [0.29, 0.717) is 6.54 Å². The van der Waals surface area contributed by atoms with Gasteiger partial charge in [0.25, 0.3) is 5.91 Å². The highest BCUT2D eigenvalue weighted by Gasteiger charge is 2.47. The Hall–Kier alpha value is -2.33. The summed E-state index contributed by atoms with van der Waals surface area (Å²) in [5, 5.41) is 3.05. The zero-order chi connectivity index (χ0) is 19.9. The number of nitrogens with two attached hydrogens (primary N) is 1. The van der Waals surface area contributed by atoms with E-state index in [9.17, 15) is 4.79 Å². The second-order valence-electron chi connectivity index (χ2n) is 7.06. The summed E-state index contributed by atoms with van der Waals surface area (Å²) in [6, 6.07) is 16.3. The molecule has 1 amide bonds. The lowest BCUT2D eigenvalue weighted by Gasteiger charge is -2.28. The molecule has 4 nitrogen and oxygen atoms in total. The summed E-state index contributed by atoms with van der Waals surface area (Å²) < 4.78 is 6.00. The Kier molecular flexibility index (Phi) is 7.43. The van der Waals surface area contributed by atoms with Crippen LogP contribution in [0.5, 0.6) is 5.75 Å². The Bertz CT molecular complexity index is 760. The van der Waals surface area contributed by atoms with Gasteiger partial charge < -0.3 is 15.8 Å². The lowest BCUT2D eigenvalue weighted by Crippen LogP contribution is -2.47.